The van der Waals surface area contributed by atoms with E-state index in [4.69, 9.17) is 9.16 Å². The molecule has 0 amide bonds. The van der Waals surface area contributed by atoms with E-state index in [2.05, 4.69) is 38.8 Å². The highest BCUT2D eigenvalue weighted by molar-refractivity contribution is 6.74. The molecule has 1 fully saturated rings. The first-order valence-electron chi connectivity index (χ1n) is 8.72. The molecule has 0 spiro atoms. The van der Waals surface area contributed by atoms with E-state index in [0.29, 0.717) is 18.4 Å². The van der Waals surface area contributed by atoms with Gasteiger partial charge in [-0.25, -0.2) is 4.79 Å². The molecular weight excluding hydrogens is 340 g/mol. The topological polar surface area (TPSA) is 93.6 Å². The maximum absolute atomic E-state index is 12.1. The zero-order valence-corrected chi connectivity index (χ0v) is 17.0. The van der Waals surface area contributed by atoms with Crippen LogP contribution in [0.25, 0.3) is 0 Å². The molecule has 8 heteroatoms. The van der Waals surface area contributed by atoms with Crippen LogP contribution in [0.4, 0.5) is 0 Å². The van der Waals surface area contributed by atoms with Crippen LogP contribution in [0.5, 0.6) is 0 Å². The van der Waals surface area contributed by atoms with Crippen LogP contribution < -0.4 is 11.2 Å². The van der Waals surface area contributed by atoms with Gasteiger partial charge in [0, 0.05) is 24.8 Å². The van der Waals surface area contributed by atoms with Gasteiger partial charge in [0.05, 0.1) is 12.2 Å². The van der Waals surface area contributed by atoms with Crippen molar-refractivity contribution in [3.05, 3.63) is 32.6 Å². The summed E-state index contributed by atoms with van der Waals surface area (Å²) in [5.74, 6) is 0. The van der Waals surface area contributed by atoms with Crippen molar-refractivity contribution in [3.63, 3.8) is 0 Å². The zero-order chi connectivity index (χ0) is 19.0. The smallest absolute Gasteiger partial charge is 0.330 e. The summed E-state index contributed by atoms with van der Waals surface area (Å²) >= 11 is 0. The normalized spacial score (nSPS) is 24.7. The summed E-state index contributed by atoms with van der Waals surface area (Å²) in [6.07, 6.45) is 1.53. The standard InChI is InChI=1S/C17H30N2O5Si/c1-11-10-19(16(22)18-15(11)21)14-9-13(12(23-14)7-8-20)24-25(5,6)17(2,3)4/h10,12-14,20H,7-9H2,1-6H3,(H,18,21,22)/t12-,13+,14-/m1/s1. The van der Waals surface area contributed by atoms with E-state index in [-0.39, 0.29) is 29.4 Å². The van der Waals surface area contributed by atoms with Gasteiger partial charge in [0.2, 0.25) is 0 Å². The molecule has 1 aromatic heterocycles. The summed E-state index contributed by atoms with van der Waals surface area (Å²) in [4.78, 5) is 26.0. The van der Waals surface area contributed by atoms with Crippen LogP contribution in [0.15, 0.2) is 15.8 Å². The Morgan fingerprint density at radius 2 is 2.04 bits per heavy atom. The minimum Gasteiger partial charge on any atom is -0.411 e. The molecule has 1 aromatic rings. The van der Waals surface area contributed by atoms with E-state index in [1.807, 2.05) is 0 Å². The molecule has 2 heterocycles. The molecule has 0 aliphatic carbocycles. The van der Waals surface area contributed by atoms with E-state index in [0.717, 1.165) is 0 Å². The summed E-state index contributed by atoms with van der Waals surface area (Å²) in [7, 11) is -2.01. The lowest BCUT2D eigenvalue weighted by molar-refractivity contribution is -0.0287. The highest BCUT2D eigenvalue weighted by Gasteiger charge is 2.45. The maximum Gasteiger partial charge on any atom is 0.330 e. The van der Waals surface area contributed by atoms with Crippen molar-refractivity contribution in [2.45, 2.75) is 77.1 Å². The second kappa shape index (κ2) is 7.18. The first-order chi connectivity index (χ1) is 11.5. The number of hydrogen-bond acceptors (Lipinski definition) is 5. The number of nitrogens with zero attached hydrogens (tertiary/aromatic N) is 1. The third-order valence-electron chi connectivity index (χ3n) is 5.30. The Kier molecular flexibility index (Phi) is 5.77. The lowest BCUT2D eigenvalue weighted by atomic mass is 10.1. The molecule has 0 radical (unpaired) electrons. The maximum atomic E-state index is 12.1. The van der Waals surface area contributed by atoms with Crippen LogP contribution in [-0.4, -0.2) is 41.8 Å². The zero-order valence-electron chi connectivity index (χ0n) is 16.0. The molecule has 1 saturated heterocycles. The molecule has 1 aliphatic heterocycles. The Morgan fingerprint density at radius 1 is 1.40 bits per heavy atom. The fourth-order valence-corrected chi connectivity index (χ4v) is 4.09. The minimum atomic E-state index is -2.01. The summed E-state index contributed by atoms with van der Waals surface area (Å²) in [6, 6.07) is 0. The number of ether oxygens (including phenoxy) is 1. The average molecular weight is 371 g/mol. The quantitative estimate of drug-likeness (QED) is 0.772. The van der Waals surface area contributed by atoms with Gasteiger partial charge in [-0.05, 0) is 31.5 Å². The third kappa shape index (κ3) is 4.31. The van der Waals surface area contributed by atoms with Gasteiger partial charge in [-0.15, -0.1) is 0 Å². The summed E-state index contributed by atoms with van der Waals surface area (Å²) < 4.78 is 13.9. The van der Waals surface area contributed by atoms with E-state index in [1.54, 1.807) is 6.92 Å². The molecule has 142 valence electrons. The van der Waals surface area contributed by atoms with Crippen LogP contribution in [-0.2, 0) is 9.16 Å². The first-order valence-corrected chi connectivity index (χ1v) is 11.6. The van der Waals surface area contributed by atoms with Gasteiger partial charge in [0.25, 0.3) is 5.56 Å². The van der Waals surface area contributed by atoms with Crippen LogP contribution in [0.3, 0.4) is 0 Å². The lowest BCUT2D eigenvalue weighted by Crippen LogP contribution is -2.46. The Bertz CT molecular complexity index is 719. The fourth-order valence-electron chi connectivity index (χ4n) is 2.74. The number of H-pyrrole nitrogens is 1. The van der Waals surface area contributed by atoms with Crippen molar-refractivity contribution in [3.8, 4) is 0 Å². The van der Waals surface area contributed by atoms with E-state index in [1.165, 1.54) is 10.8 Å². The van der Waals surface area contributed by atoms with Crippen molar-refractivity contribution in [1.82, 2.24) is 9.55 Å². The van der Waals surface area contributed by atoms with E-state index < -0.39 is 20.2 Å². The third-order valence-corrected chi connectivity index (χ3v) is 9.81. The van der Waals surface area contributed by atoms with Gasteiger partial charge in [0.1, 0.15) is 6.23 Å². The van der Waals surface area contributed by atoms with Crippen molar-refractivity contribution in [2.24, 2.45) is 0 Å². The van der Waals surface area contributed by atoms with Gasteiger partial charge >= 0.3 is 5.69 Å². The second-order valence-electron chi connectivity index (χ2n) is 8.27. The predicted molar refractivity (Wildman–Crippen MR) is 98.4 cm³/mol. The number of aromatic nitrogens is 2. The number of aryl methyl sites for hydroxylation is 1. The van der Waals surface area contributed by atoms with Gasteiger partial charge in [0.15, 0.2) is 8.32 Å². The van der Waals surface area contributed by atoms with Crippen molar-refractivity contribution >= 4 is 8.32 Å². The Hall–Kier alpha value is -1.22. The number of aliphatic hydroxyl groups excluding tert-OH is 1. The monoisotopic (exact) mass is 370 g/mol. The van der Waals surface area contributed by atoms with E-state index >= 15 is 0 Å². The van der Waals surface area contributed by atoms with Crippen LogP contribution in [0, 0.1) is 6.92 Å². The predicted octanol–water partition coefficient (Wildman–Crippen LogP) is 1.91. The number of rotatable bonds is 5. The van der Waals surface area contributed by atoms with Crippen LogP contribution in [0.2, 0.25) is 18.1 Å². The minimum absolute atomic E-state index is 0.00566. The average Bonchev–Trinajstić information content (AvgIpc) is 2.84. The van der Waals surface area contributed by atoms with Crippen LogP contribution >= 0.6 is 0 Å². The molecule has 0 aromatic carbocycles. The molecule has 2 N–H and O–H groups in total. The van der Waals surface area contributed by atoms with E-state index in [9.17, 15) is 14.7 Å². The SMILES string of the molecule is Cc1cn([C@H]2C[C@H](O[Si](C)(C)C(C)(C)C)[C@@H](CCO)O2)c(=O)[nH]c1=O. The van der Waals surface area contributed by atoms with Crippen molar-refractivity contribution in [2.75, 3.05) is 6.61 Å². The molecule has 1 aliphatic rings. The van der Waals surface area contributed by atoms with Crippen LogP contribution in [0.1, 0.15) is 45.4 Å². The number of aliphatic hydroxyl groups is 1. The summed E-state index contributed by atoms with van der Waals surface area (Å²) in [6.45, 7) is 12.5. The van der Waals surface area contributed by atoms with Crippen molar-refractivity contribution < 1.29 is 14.3 Å². The second-order valence-corrected chi connectivity index (χ2v) is 13.0. The molecule has 0 saturated carbocycles. The molecule has 25 heavy (non-hydrogen) atoms. The molecular formula is C17H30N2O5Si. The van der Waals surface area contributed by atoms with Gasteiger partial charge in [-0.1, -0.05) is 20.8 Å². The van der Waals surface area contributed by atoms with Crippen molar-refractivity contribution in [1.29, 1.82) is 0 Å². The van der Waals surface area contributed by atoms with Gasteiger partial charge < -0.3 is 14.3 Å². The molecule has 3 atom stereocenters. The van der Waals surface area contributed by atoms with Gasteiger partial charge in [-0.3, -0.25) is 14.3 Å². The highest BCUT2D eigenvalue weighted by Crippen LogP contribution is 2.41. The summed E-state index contributed by atoms with van der Waals surface area (Å²) in [5.41, 5.74) is -0.424. The Labute approximate surface area is 149 Å². The lowest BCUT2D eigenvalue weighted by Gasteiger charge is -2.39. The first kappa shape index (κ1) is 20.1. The Balaban J connectivity index is 2.27. The Morgan fingerprint density at radius 3 is 2.60 bits per heavy atom. The summed E-state index contributed by atoms with van der Waals surface area (Å²) in [5, 5.41) is 9.41. The van der Waals surface area contributed by atoms with Gasteiger partial charge in [-0.2, -0.15) is 0 Å². The molecule has 2 rings (SSSR count). The molecule has 0 bridgehead atoms. The molecule has 0 unspecified atom stereocenters. The fraction of sp³-hybridized carbons (Fsp3) is 0.765. The number of aromatic amines is 1. The number of nitrogens with one attached hydrogen (secondary N) is 1. The highest BCUT2D eigenvalue weighted by atomic mass is 28.4. The molecule has 7 nitrogen and oxygen atoms in total. The largest absolute Gasteiger partial charge is 0.411 e. The number of hydrogen-bond donors (Lipinski definition) is 2.